The number of benzene rings is 1. The van der Waals surface area contributed by atoms with Crippen LogP contribution in [-0.4, -0.2) is 16.6 Å². The average molecular weight is 284 g/mol. The lowest BCUT2D eigenvalue weighted by molar-refractivity contribution is 0.0286. The van der Waals surface area contributed by atoms with Gasteiger partial charge in [0.15, 0.2) is 0 Å². The fourth-order valence-corrected chi connectivity index (χ4v) is 2.72. The summed E-state index contributed by atoms with van der Waals surface area (Å²) in [4.78, 5) is 8.72. The summed E-state index contributed by atoms with van der Waals surface area (Å²) in [6.07, 6.45) is 5.33. The van der Waals surface area contributed by atoms with Gasteiger partial charge in [0, 0.05) is 18.8 Å². The lowest BCUT2D eigenvalue weighted by atomic mass is 9.93. The molecule has 0 bridgehead atoms. The predicted molar refractivity (Wildman–Crippen MR) is 80.3 cm³/mol. The Kier molecular flexibility index (Phi) is 4.24. The van der Waals surface area contributed by atoms with Crippen molar-refractivity contribution in [2.45, 2.75) is 31.9 Å². The monoisotopic (exact) mass is 284 g/mol. The molecular weight excluding hydrogens is 264 g/mol. The fraction of sp³-hybridized carbons (Fsp3) is 0.375. The van der Waals surface area contributed by atoms with Gasteiger partial charge < -0.3 is 4.74 Å². The van der Waals surface area contributed by atoms with Gasteiger partial charge in [0.25, 0.3) is 0 Å². The van der Waals surface area contributed by atoms with Crippen molar-refractivity contribution in [3.8, 4) is 0 Å². The molecule has 21 heavy (non-hydrogen) atoms. The van der Waals surface area contributed by atoms with E-state index in [0.29, 0.717) is 5.82 Å². The number of aromatic nitrogens is 2. The highest BCUT2D eigenvalue weighted by molar-refractivity contribution is 5.31. The maximum Gasteiger partial charge on any atom is 0.146 e. The number of rotatable bonds is 4. The molecule has 2 atom stereocenters. The summed E-state index contributed by atoms with van der Waals surface area (Å²) < 4.78 is 5.93. The van der Waals surface area contributed by atoms with Crippen molar-refractivity contribution in [1.82, 2.24) is 15.4 Å². The molecule has 0 fully saturated rings. The largest absolute Gasteiger partial charge is 0.373 e. The van der Waals surface area contributed by atoms with Crippen LogP contribution in [0.5, 0.6) is 0 Å². The van der Waals surface area contributed by atoms with E-state index in [9.17, 15) is 0 Å². The number of nitrogens with one attached hydrogen (secondary N) is 1. The first-order valence-electron chi connectivity index (χ1n) is 7.22. The normalized spacial score (nSPS) is 19.0. The molecule has 1 aromatic carbocycles. The van der Waals surface area contributed by atoms with Crippen molar-refractivity contribution in [3.05, 3.63) is 59.2 Å². The Morgan fingerprint density at radius 1 is 1.33 bits per heavy atom. The van der Waals surface area contributed by atoms with Crippen molar-refractivity contribution < 1.29 is 4.74 Å². The van der Waals surface area contributed by atoms with Gasteiger partial charge in [-0.2, -0.15) is 0 Å². The number of hydrogen-bond acceptors (Lipinski definition) is 5. The molecule has 3 N–H and O–H groups in total. The Hall–Kier alpha value is -1.82. The molecule has 0 spiro atoms. The zero-order valence-corrected chi connectivity index (χ0v) is 12.1. The van der Waals surface area contributed by atoms with E-state index < -0.39 is 0 Å². The Labute approximate surface area is 124 Å². The molecule has 2 unspecified atom stereocenters. The van der Waals surface area contributed by atoms with Gasteiger partial charge in [-0.1, -0.05) is 24.3 Å². The van der Waals surface area contributed by atoms with E-state index in [-0.39, 0.29) is 12.1 Å². The summed E-state index contributed by atoms with van der Waals surface area (Å²) >= 11 is 0. The molecule has 0 radical (unpaired) electrons. The summed E-state index contributed by atoms with van der Waals surface area (Å²) in [5, 5.41) is 0. The van der Waals surface area contributed by atoms with Gasteiger partial charge in [-0.05, 0) is 30.0 Å². The summed E-state index contributed by atoms with van der Waals surface area (Å²) in [6.45, 7) is 2.71. The molecule has 2 heterocycles. The number of nitrogens with zero attached hydrogens (tertiary/aromatic N) is 2. The van der Waals surface area contributed by atoms with Crippen molar-refractivity contribution >= 4 is 0 Å². The second-order valence-electron chi connectivity index (χ2n) is 5.38. The number of aryl methyl sites for hydroxylation is 1. The van der Waals surface area contributed by atoms with E-state index in [1.54, 1.807) is 0 Å². The summed E-state index contributed by atoms with van der Waals surface area (Å²) in [7, 11) is 0. The molecule has 1 aliphatic heterocycles. The van der Waals surface area contributed by atoms with Crippen molar-refractivity contribution in [3.63, 3.8) is 0 Å². The van der Waals surface area contributed by atoms with E-state index in [1.807, 2.05) is 25.4 Å². The Balaban J connectivity index is 1.80. The van der Waals surface area contributed by atoms with E-state index >= 15 is 0 Å². The summed E-state index contributed by atoms with van der Waals surface area (Å²) in [6, 6.07) is 8.29. The number of hydrogen-bond donors (Lipinski definition) is 2. The third-order valence-electron chi connectivity index (χ3n) is 3.86. The van der Waals surface area contributed by atoms with Gasteiger partial charge in [0.05, 0.1) is 18.8 Å². The summed E-state index contributed by atoms with van der Waals surface area (Å²) in [5.41, 5.74) is 6.45. The van der Waals surface area contributed by atoms with E-state index in [1.165, 1.54) is 11.1 Å². The van der Waals surface area contributed by atoms with Crippen LogP contribution >= 0.6 is 0 Å². The first-order chi connectivity index (χ1) is 10.3. The van der Waals surface area contributed by atoms with Gasteiger partial charge in [-0.3, -0.25) is 5.84 Å². The molecular formula is C16H20N4O. The van der Waals surface area contributed by atoms with Crippen molar-refractivity contribution in [2.24, 2.45) is 5.84 Å². The standard InChI is InChI=1S/C16H20N4O/c1-11-9-18-16(19-10-11)14(20-17)8-15-13-5-3-2-4-12(13)6-7-21-15/h2-5,9-10,14-15,20H,6-8,17H2,1H3. The molecule has 2 aromatic rings. The quantitative estimate of drug-likeness (QED) is 0.663. The van der Waals surface area contributed by atoms with E-state index in [2.05, 4.69) is 33.6 Å². The molecule has 0 saturated carbocycles. The van der Waals surface area contributed by atoms with Crippen LogP contribution < -0.4 is 11.3 Å². The van der Waals surface area contributed by atoms with Crippen LogP contribution in [0.4, 0.5) is 0 Å². The van der Waals surface area contributed by atoms with Gasteiger partial charge in [-0.15, -0.1) is 0 Å². The molecule has 0 amide bonds. The first kappa shape index (κ1) is 14.1. The lowest BCUT2D eigenvalue weighted by Gasteiger charge is -2.28. The van der Waals surface area contributed by atoms with Crippen LogP contribution in [-0.2, 0) is 11.2 Å². The van der Waals surface area contributed by atoms with Crippen molar-refractivity contribution in [1.29, 1.82) is 0 Å². The first-order valence-corrected chi connectivity index (χ1v) is 7.22. The smallest absolute Gasteiger partial charge is 0.146 e. The Morgan fingerprint density at radius 2 is 2.10 bits per heavy atom. The van der Waals surface area contributed by atoms with Gasteiger partial charge in [0.1, 0.15) is 5.82 Å². The van der Waals surface area contributed by atoms with Crippen LogP contribution in [0.2, 0.25) is 0 Å². The van der Waals surface area contributed by atoms with Gasteiger partial charge >= 0.3 is 0 Å². The highest BCUT2D eigenvalue weighted by atomic mass is 16.5. The highest BCUT2D eigenvalue weighted by Crippen LogP contribution is 2.33. The predicted octanol–water partition coefficient (Wildman–Crippen LogP) is 1.99. The van der Waals surface area contributed by atoms with Crippen LogP contribution in [0.15, 0.2) is 36.7 Å². The molecule has 3 rings (SSSR count). The van der Waals surface area contributed by atoms with E-state index in [0.717, 1.165) is 25.0 Å². The maximum absolute atomic E-state index is 5.93. The second kappa shape index (κ2) is 6.30. The topological polar surface area (TPSA) is 73.1 Å². The zero-order chi connectivity index (χ0) is 14.7. The Morgan fingerprint density at radius 3 is 2.86 bits per heavy atom. The highest BCUT2D eigenvalue weighted by Gasteiger charge is 2.25. The van der Waals surface area contributed by atoms with Crippen LogP contribution in [0.1, 0.15) is 41.1 Å². The molecule has 0 saturated heterocycles. The fourth-order valence-electron chi connectivity index (χ4n) is 2.72. The molecule has 1 aliphatic rings. The van der Waals surface area contributed by atoms with Crippen LogP contribution in [0, 0.1) is 6.92 Å². The minimum absolute atomic E-state index is 0.0286. The zero-order valence-electron chi connectivity index (χ0n) is 12.1. The van der Waals surface area contributed by atoms with Gasteiger partial charge in [-0.25, -0.2) is 15.4 Å². The molecule has 5 heteroatoms. The van der Waals surface area contributed by atoms with E-state index in [4.69, 9.17) is 10.6 Å². The summed E-state index contributed by atoms with van der Waals surface area (Å²) in [5.74, 6) is 6.40. The Bertz CT molecular complexity index is 599. The minimum Gasteiger partial charge on any atom is -0.373 e. The molecule has 5 nitrogen and oxygen atoms in total. The van der Waals surface area contributed by atoms with Crippen LogP contribution in [0.25, 0.3) is 0 Å². The number of fused-ring (bicyclic) bond motifs is 1. The number of nitrogens with two attached hydrogens (primary N) is 1. The lowest BCUT2D eigenvalue weighted by Crippen LogP contribution is -2.32. The average Bonchev–Trinajstić information content (AvgIpc) is 2.54. The molecule has 0 aliphatic carbocycles. The molecule has 110 valence electrons. The number of ether oxygens (including phenoxy) is 1. The third kappa shape index (κ3) is 3.10. The third-order valence-corrected chi connectivity index (χ3v) is 3.86. The van der Waals surface area contributed by atoms with Gasteiger partial charge in [0.2, 0.25) is 0 Å². The second-order valence-corrected chi connectivity index (χ2v) is 5.38. The number of hydrazine groups is 1. The maximum atomic E-state index is 5.93. The SMILES string of the molecule is Cc1cnc(C(CC2OCCc3ccccc32)NN)nc1. The van der Waals surface area contributed by atoms with Crippen molar-refractivity contribution in [2.75, 3.05) is 6.61 Å². The molecule has 1 aromatic heterocycles. The minimum atomic E-state index is -0.123. The van der Waals surface area contributed by atoms with Crippen LogP contribution in [0.3, 0.4) is 0 Å².